The Balaban J connectivity index is 2.63. The van der Waals surface area contributed by atoms with Crippen molar-refractivity contribution in [1.29, 1.82) is 0 Å². The lowest BCUT2D eigenvalue weighted by Crippen LogP contribution is -2.50. The van der Waals surface area contributed by atoms with Gasteiger partial charge in [0.2, 0.25) is 0 Å². The Morgan fingerprint density at radius 2 is 1.80 bits per heavy atom. The number of aliphatic imine (C=N–C) groups is 1. The van der Waals surface area contributed by atoms with Gasteiger partial charge in [0, 0.05) is 51.4 Å². The fraction of sp³-hybridized carbons (Fsp3) is 0.909. The van der Waals surface area contributed by atoms with E-state index in [1.807, 2.05) is 20.8 Å². The van der Waals surface area contributed by atoms with Crippen LogP contribution in [0.5, 0.6) is 0 Å². The van der Waals surface area contributed by atoms with Gasteiger partial charge in [-0.15, -0.1) is 0 Å². The molecule has 8 nitrogen and oxygen atoms in total. The topological polar surface area (TPSA) is 81.2 Å². The fourth-order valence-electron chi connectivity index (χ4n) is 3.31. The number of nitrogens with zero attached hydrogens (tertiary/aromatic N) is 3. The summed E-state index contributed by atoms with van der Waals surface area (Å²) in [6.45, 7) is 18.6. The highest BCUT2D eigenvalue weighted by molar-refractivity contribution is 5.80. The number of piperazine rings is 1. The Labute approximate surface area is 184 Å². The van der Waals surface area contributed by atoms with Gasteiger partial charge in [-0.1, -0.05) is 19.8 Å². The standard InChI is InChI=1S/C22H46N6O2/c1-8-10-11-19(17-25-21(29)30-22(4,5)6)26-20(23-9-2)24-16-18(3)28-14-12-27(7)13-15-28/h18-19H,8-17H2,1-7H3,(H,25,29)(H2,23,24,26). The van der Waals surface area contributed by atoms with Crippen molar-refractivity contribution >= 4 is 12.1 Å². The van der Waals surface area contributed by atoms with E-state index >= 15 is 0 Å². The smallest absolute Gasteiger partial charge is 0.407 e. The van der Waals surface area contributed by atoms with Gasteiger partial charge in [-0.3, -0.25) is 9.89 Å². The molecule has 1 saturated heterocycles. The molecule has 1 aliphatic rings. The summed E-state index contributed by atoms with van der Waals surface area (Å²) in [6.07, 6.45) is 2.78. The van der Waals surface area contributed by atoms with E-state index < -0.39 is 5.60 Å². The number of amides is 1. The summed E-state index contributed by atoms with van der Waals surface area (Å²) in [6, 6.07) is 0.511. The third-order valence-corrected chi connectivity index (χ3v) is 5.16. The van der Waals surface area contributed by atoms with Gasteiger partial charge in [-0.2, -0.15) is 0 Å². The van der Waals surface area contributed by atoms with Crippen LogP contribution in [0.3, 0.4) is 0 Å². The van der Waals surface area contributed by atoms with Crippen LogP contribution in [0.25, 0.3) is 0 Å². The summed E-state index contributed by atoms with van der Waals surface area (Å²) >= 11 is 0. The molecule has 2 unspecified atom stereocenters. The van der Waals surface area contributed by atoms with E-state index in [4.69, 9.17) is 9.73 Å². The predicted octanol–water partition coefficient (Wildman–Crippen LogP) is 2.26. The van der Waals surface area contributed by atoms with Crippen LogP contribution < -0.4 is 16.0 Å². The molecule has 0 aromatic carbocycles. The number of hydrogen-bond acceptors (Lipinski definition) is 5. The molecule has 1 heterocycles. The van der Waals surface area contributed by atoms with E-state index in [9.17, 15) is 4.79 Å². The highest BCUT2D eigenvalue weighted by atomic mass is 16.6. The van der Waals surface area contributed by atoms with Crippen LogP contribution in [-0.4, -0.2) is 92.4 Å². The van der Waals surface area contributed by atoms with Crippen LogP contribution >= 0.6 is 0 Å². The zero-order valence-corrected chi connectivity index (χ0v) is 20.4. The van der Waals surface area contributed by atoms with Crippen LogP contribution in [0.1, 0.15) is 60.8 Å². The molecule has 0 radical (unpaired) electrons. The Hall–Kier alpha value is -1.54. The Kier molecular flexibility index (Phi) is 12.1. The molecule has 2 atom stereocenters. The first-order valence-electron chi connectivity index (χ1n) is 11.6. The van der Waals surface area contributed by atoms with Gasteiger partial charge < -0.3 is 25.6 Å². The summed E-state index contributed by atoms with van der Waals surface area (Å²) in [5.74, 6) is 0.811. The lowest BCUT2D eigenvalue weighted by molar-refractivity contribution is 0.0522. The summed E-state index contributed by atoms with van der Waals surface area (Å²) in [5, 5.41) is 9.76. The summed E-state index contributed by atoms with van der Waals surface area (Å²) in [5.41, 5.74) is -0.494. The van der Waals surface area contributed by atoms with Crippen LogP contribution in [-0.2, 0) is 4.74 Å². The maximum Gasteiger partial charge on any atom is 0.407 e. The molecule has 1 fully saturated rings. The number of unbranched alkanes of at least 4 members (excludes halogenated alkanes) is 1. The number of carbonyl (C=O) groups excluding carboxylic acids is 1. The van der Waals surface area contributed by atoms with E-state index in [-0.39, 0.29) is 12.1 Å². The molecule has 0 aromatic heterocycles. The van der Waals surface area contributed by atoms with Crippen LogP contribution in [0.2, 0.25) is 0 Å². The number of hydrogen-bond donors (Lipinski definition) is 3. The zero-order chi connectivity index (χ0) is 22.6. The Morgan fingerprint density at radius 3 is 2.37 bits per heavy atom. The molecule has 0 bridgehead atoms. The molecule has 8 heteroatoms. The quantitative estimate of drug-likeness (QED) is 0.367. The van der Waals surface area contributed by atoms with Crippen molar-refractivity contribution in [3.63, 3.8) is 0 Å². The summed E-state index contributed by atoms with van der Waals surface area (Å²) in [7, 11) is 2.18. The van der Waals surface area contributed by atoms with Gasteiger partial charge >= 0.3 is 6.09 Å². The molecule has 176 valence electrons. The number of likely N-dealkylation sites (N-methyl/N-ethyl adjacent to an activating group) is 1. The SMILES string of the molecule is CCCCC(CNC(=O)OC(C)(C)C)NC(=NCC(C)N1CCN(C)CC1)NCC. The van der Waals surface area contributed by atoms with Gasteiger partial charge in [0.05, 0.1) is 6.54 Å². The molecule has 0 aliphatic carbocycles. The third kappa shape index (κ3) is 11.6. The van der Waals surface area contributed by atoms with Crippen molar-refractivity contribution in [1.82, 2.24) is 25.8 Å². The molecule has 30 heavy (non-hydrogen) atoms. The maximum absolute atomic E-state index is 12.0. The van der Waals surface area contributed by atoms with Crippen molar-refractivity contribution in [2.45, 2.75) is 78.5 Å². The van der Waals surface area contributed by atoms with Crippen LogP contribution in [0.15, 0.2) is 4.99 Å². The van der Waals surface area contributed by atoms with Gasteiger partial charge in [0.15, 0.2) is 5.96 Å². The zero-order valence-electron chi connectivity index (χ0n) is 20.4. The largest absolute Gasteiger partial charge is 0.444 e. The van der Waals surface area contributed by atoms with Gasteiger partial charge in [-0.25, -0.2) is 4.79 Å². The molecule has 1 rings (SSSR count). The highest BCUT2D eigenvalue weighted by Crippen LogP contribution is 2.07. The number of guanidine groups is 1. The molecule has 3 N–H and O–H groups in total. The minimum absolute atomic E-state index is 0.106. The number of rotatable bonds is 10. The van der Waals surface area contributed by atoms with E-state index in [0.29, 0.717) is 12.6 Å². The van der Waals surface area contributed by atoms with Gasteiger partial charge in [-0.05, 0) is 48.1 Å². The minimum Gasteiger partial charge on any atom is -0.444 e. The third-order valence-electron chi connectivity index (χ3n) is 5.16. The second-order valence-electron chi connectivity index (χ2n) is 9.27. The lowest BCUT2D eigenvalue weighted by Gasteiger charge is -2.36. The lowest BCUT2D eigenvalue weighted by atomic mass is 10.1. The predicted molar refractivity (Wildman–Crippen MR) is 125 cm³/mol. The van der Waals surface area contributed by atoms with E-state index in [0.717, 1.165) is 64.5 Å². The second-order valence-corrected chi connectivity index (χ2v) is 9.27. The van der Waals surface area contributed by atoms with Crippen molar-refractivity contribution < 1.29 is 9.53 Å². The second kappa shape index (κ2) is 13.7. The minimum atomic E-state index is -0.494. The van der Waals surface area contributed by atoms with Crippen molar-refractivity contribution in [3.05, 3.63) is 0 Å². The highest BCUT2D eigenvalue weighted by Gasteiger charge is 2.20. The first-order valence-corrected chi connectivity index (χ1v) is 11.6. The monoisotopic (exact) mass is 426 g/mol. The van der Waals surface area contributed by atoms with Crippen molar-refractivity contribution in [2.24, 2.45) is 4.99 Å². The van der Waals surface area contributed by atoms with Gasteiger partial charge in [0.1, 0.15) is 5.60 Å². The van der Waals surface area contributed by atoms with Crippen LogP contribution in [0, 0.1) is 0 Å². The first-order chi connectivity index (χ1) is 14.1. The average molecular weight is 427 g/mol. The molecule has 0 spiro atoms. The molecule has 0 saturated carbocycles. The number of ether oxygens (including phenoxy) is 1. The number of alkyl carbamates (subject to hydrolysis) is 1. The van der Waals surface area contributed by atoms with E-state index in [1.54, 1.807) is 0 Å². The normalized spacial score (nSPS) is 18.6. The van der Waals surface area contributed by atoms with Gasteiger partial charge in [0.25, 0.3) is 0 Å². The molecule has 1 aliphatic heterocycles. The Bertz CT molecular complexity index is 512. The van der Waals surface area contributed by atoms with E-state index in [1.165, 1.54) is 0 Å². The first kappa shape index (κ1) is 26.5. The maximum atomic E-state index is 12.0. The summed E-state index contributed by atoms with van der Waals surface area (Å²) in [4.78, 5) is 21.8. The Morgan fingerprint density at radius 1 is 1.13 bits per heavy atom. The molecular weight excluding hydrogens is 380 g/mol. The molecule has 1 amide bonds. The van der Waals surface area contributed by atoms with Crippen LogP contribution in [0.4, 0.5) is 4.79 Å². The van der Waals surface area contributed by atoms with Crippen molar-refractivity contribution in [2.75, 3.05) is 52.9 Å². The molecule has 0 aromatic rings. The average Bonchev–Trinajstić information content (AvgIpc) is 2.67. The molecular formula is C22H46N6O2. The number of nitrogens with one attached hydrogen (secondary N) is 3. The fourth-order valence-corrected chi connectivity index (χ4v) is 3.31. The van der Waals surface area contributed by atoms with E-state index in [2.05, 4.69) is 53.6 Å². The summed E-state index contributed by atoms with van der Waals surface area (Å²) < 4.78 is 5.37. The van der Waals surface area contributed by atoms with Crippen molar-refractivity contribution in [3.8, 4) is 0 Å². The number of carbonyl (C=O) groups is 1.